The van der Waals surface area contributed by atoms with E-state index in [1.807, 2.05) is 11.2 Å². The third kappa shape index (κ3) is 6.07. The Bertz CT molecular complexity index is 820. The number of carboxylic acids is 1. The van der Waals surface area contributed by atoms with Gasteiger partial charge in [0.15, 0.2) is 0 Å². The lowest BCUT2D eigenvalue weighted by atomic mass is 9.87. The summed E-state index contributed by atoms with van der Waals surface area (Å²) >= 11 is 0. The summed E-state index contributed by atoms with van der Waals surface area (Å²) in [5, 5.41) is 20.0. The van der Waals surface area contributed by atoms with E-state index in [0.29, 0.717) is 6.04 Å². The predicted molar refractivity (Wildman–Crippen MR) is 123 cm³/mol. The van der Waals surface area contributed by atoms with Gasteiger partial charge in [0.1, 0.15) is 6.10 Å². The molecule has 0 spiro atoms. The maximum atomic E-state index is 11.1. The number of ether oxygens (including phenoxy) is 1. The van der Waals surface area contributed by atoms with Crippen molar-refractivity contribution in [1.29, 1.82) is 0 Å². The van der Waals surface area contributed by atoms with E-state index in [4.69, 9.17) is 14.7 Å². The number of hydrazone groups is 1. The van der Waals surface area contributed by atoms with Crippen LogP contribution in [0.2, 0.25) is 0 Å². The number of carboxylic acid groups (broad SMARTS) is 1. The number of benzene rings is 1. The van der Waals surface area contributed by atoms with Crippen LogP contribution in [0.25, 0.3) is 0 Å². The Kier molecular flexibility index (Phi) is 7.76. The molecule has 8 nitrogen and oxygen atoms in total. The van der Waals surface area contributed by atoms with Crippen LogP contribution in [0.3, 0.4) is 0 Å². The number of hydrogen-bond donors (Lipinski definition) is 1. The van der Waals surface area contributed by atoms with Crippen LogP contribution in [0, 0.1) is 5.92 Å². The van der Waals surface area contributed by atoms with Gasteiger partial charge in [0.25, 0.3) is 0 Å². The van der Waals surface area contributed by atoms with Gasteiger partial charge in [-0.3, -0.25) is 14.7 Å². The van der Waals surface area contributed by atoms with Crippen molar-refractivity contribution in [2.24, 2.45) is 16.2 Å². The Morgan fingerprint density at radius 2 is 2.03 bits per heavy atom. The van der Waals surface area contributed by atoms with E-state index in [1.165, 1.54) is 0 Å². The standard InChI is InChI=1S/C24H34N4O4/c1-2-21-13-19(14-24(29)30)7-8-27(21)17-22-15-23(26-32-22)20-5-3-18(4-6-20)16-25-28-9-11-31-12-10-28/h3-6,16,19,21-22H,2,7-15,17H2,1H3,(H,29,30). The quantitative estimate of drug-likeness (QED) is 0.623. The van der Waals surface area contributed by atoms with Crippen molar-refractivity contribution < 1.29 is 19.5 Å². The molecule has 3 unspecified atom stereocenters. The molecule has 3 aliphatic rings. The summed E-state index contributed by atoms with van der Waals surface area (Å²) in [6.45, 7) is 7.09. The Balaban J connectivity index is 1.27. The highest BCUT2D eigenvalue weighted by atomic mass is 16.6. The second kappa shape index (κ2) is 10.9. The molecule has 4 rings (SSSR count). The van der Waals surface area contributed by atoms with Crippen LogP contribution in [-0.2, 0) is 14.4 Å². The zero-order valence-corrected chi connectivity index (χ0v) is 18.9. The van der Waals surface area contributed by atoms with Crippen molar-refractivity contribution in [1.82, 2.24) is 9.91 Å². The van der Waals surface area contributed by atoms with Gasteiger partial charge < -0.3 is 14.7 Å². The molecule has 0 amide bonds. The topological polar surface area (TPSA) is 87.0 Å². The summed E-state index contributed by atoms with van der Waals surface area (Å²) < 4.78 is 5.35. The molecule has 1 N–H and O–H groups in total. The van der Waals surface area contributed by atoms with Crippen molar-refractivity contribution in [2.75, 3.05) is 39.4 Å². The van der Waals surface area contributed by atoms with Crippen molar-refractivity contribution in [3.63, 3.8) is 0 Å². The summed E-state index contributed by atoms with van der Waals surface area (Å²) in [7, 11) is 0. The number of hydrogen-bond acceptors (Lipinski definition) is 7. The Hall–Kier alpha value is -2.45. The second-order valence-electron chi connectivity index (χ2n) is 8.95. The van der Waals surface area contributed by atoms with Gasteiger partial charge >= 0.3 is 5.97 Å². The normalized spacial score (nSPS) is 26.8. The average molecular weight is 443 g/mol. The molecule has 0 aromatic heterocycles. The fourth-order valence-electron chi connectivity index (χ4n) is 4.82. The van der Waals surface area contributed by atoms with Crippen LogP contribution < -0.4 is 0 Å². The molecule has 0 radical (unpaired) electrons. The van der Waals surface area contributed by atoms with Crippen LogP contribution in [0.5, 0.6) is 0 Å². The predicted octanol–water partition coefficient (Wildman–Crippen LogP) is 2.81. The van der Waals surface area contributed by atoms with Gasteiger partial charge in [0.2, 0.25) is 0 Å². The molecule has 3 aliphatic heterocycles. The van der Waals surface area contributed by atoms with Crippen molar-refractivity contribution >= 4 is 17.9 Å². The number of morpholine rings is 1. The first-order chi connectivity index (χ1) is 15.6. The van der Waals surface area contributed by atoms with Crippen molar-refractivity contribution in [2.45, 2.75) is 51.2 Å². The lowest BCUT2D eigenvalue weighted by molar-refractivity contribution is -0.138. The van der Waals surface area contributed by atoms with Gasteiger partial charge in [-0.1, -0.05) is 36.3 Å². The van der Waals surface area contributed by atoms with Gasteiger partial charge in [-0.2, -0.15) is 5.10 Å². The molecule has 8 heteroatoms. The van der Waals surface area contributed by atoms with Gasteiger partial charge in [-0.25, -0.2) is 0 Å². The summed E-state index contributed by atoms with van der Waals surface area (Å²) in [6, 6.07) is 8.71. The molecular weight excluding hydrogens is 408 g/mol. The molecule has 0 aliphatic carbocycles. The third-order valence-corrected chi connectivity index (χ3v) is 6.65. The molecule has 2 fully saturated rings. The fraction of sp³-hybridized carbons (Fsp3) is 0.625. The minimum absolute atomic E-state index is 0.0534. The largest absolute Gasteiger partial charge is 0.481 e. The van der Waals surface area contributed by atoms with E-state index < -0.39 is 5.97 Å². The maximum absolute atomic E-state index is 11.1. The smallest absolute Gasteiger partial charge is 0.303 e. The molecule has 1 aromatic rings. The van der Waals surface area contributed by atoms with Gasteiger partial charge in [0.05, 0.1) is 38.2 Å². The molecular formula is C24H34N4O4. The number of likely N-dealkylation sites (tertiary alicyclic amines) is 1. The van der Waals surface area contributed by atoms with Gasteiger partial charge in [0, 0.05) is 25.4 Å². The molecule has 3 heterocycles. The number of oxime groups is 1. The highest BCUT2D eigenvalue weighted by Gasteiger charge is 2.32. The second-order valence-corrected chi connectivity index (χ2v) is 8.95. The number of piperidine rings is 1. The van der Waals surface area contributed by atoms with Crippen LogP contribution >= 0.6 is 0 Å². The SMILES string of the molecule is CCC1CC(CC(=O)O)CCN1CC1CC(c2ccc(C=NN3CCOCC3)cc2)=NO1. The first-order valence-electron chi connectivity index (χ1n) is 11.8. The van der Waals surface area contributed by atoms with Crippen molar-refractivity contribution in [3.8, 4) is 0 Å². The number of nitrogens with zero attached hydrogens (tertiary/aromatic N) is 4. The molecule has 3 atom stereocenters. The molecule has 0 bridgehead atoms. The molecule has 32 heavy (non-hydrogen) atoms. The van der Waals surface area contributed by atoms with Gasteiger partial charge in [-0.15, -0.1) is 0 Å². The first kappa shape index (κ1) is 22.7. The van der Waals surface area contributed by atoms with Crippen LogP contribution in [-0.4, -0.2) is 84.4 Å². The number of rotatable bonds is 8. The molecule has 0 saturated carbocycles. The van der Waals surface area contributed by atoms with E-state index in [0.717, 1.165) is 81.9 Å². The highest BCUT2D eigenvalue weighted by molar-refractivity contribution is 6.01. The van der Waals surface area contributed by atoms with E-state index in [-0.39, 0.29) is 18.4 Å². The molecule has 174 valence electrons. The lowest BCUT2D eigenvalue weighted by Gasteiger charge is -2.39. The van der Waals surface area contributed by atoms with E-state index >= 15 is 0 Å². The highest BCUT2D eigenvalue weighted by Crippen LogP contribution is 2.29. The third-order valence-electron chi connectivity index (χ3n) is 6.65. The summed E-state index contributed by atoms with van der Waals surface area (Å²) in [5.74, 6) is -0.399. The summed E-state index contributed by atoms with van der Waals surface area (Å²) in [6.07, 6.45) is 5.95. The first-order valence-corrected chi connectivity index (χ1v) is 11.8. The van der Waals surface area contributed by atoms with Gasteiger partial charge in [-0.05, 0) is 42.9 Å². The van der Waals surface area contributed by atoms with Crippen LogP contribution in [0.1, 0.15) is 50.2 Å². The maximum Gasteiger partial charge on any atom is 0.303 e. The Labute approximate surface area is 189 Å². The minimum Gasteiger partial charge on any atom is -0.481 e. The van der Waals surface area contributed by atoms with E-state index in [1.54, 1.807) is 0 Å². The molecule has 2 saturated heterocycles. The van der Waals surface area contributed by atoms with E-state index in [9.17, 15) is 4.79 Å². The van der Waals surface area contributed by atoms with Crippen molar-refractivity contribution in [3.05, 3.63) is 35.4 Å². The lowest BCUT2D eigenvalue weighted by Crippen LogP contribution is -2.46. The number of aliphatic carboxylic acids is 1. The Morgan fingerprint density at radius 1 is 1.25 bits per heavy atom. The van der Waals surface area contributed by atoms with E-state index in [2.05, 4.69) is 46.3 Å². The zero-order valence-electron chi connectivity index (χ0n) is 18.9. The summed E-state index contributed by atoms with van der Waals surface area (Å²) in [4.78, 5) is 19.3. The van der Waals surface area contributed by atoms with Crippen LogP contribution in [0.15, 0.2) is 34.5 Å². The molecule has 1 aromatic carbocycles. The minimum atomic E-state index is -0.686. The monoisotopic (exact) mass is 442 g/mol. The number of carbonyl (C=O) groups is 1. The average Bonchev–Trinajstić information content (AvgIpc) is 3.28. The summed E-state index contributed by atoms with van der Waals surface area (Å²) in [5.41, 5.74) is 3.13. The zero-order chi connectivity index (χ0) is 22.3. The van der Waals surface area contributed by atoms with Crippen LogP contribution in [0.4, 0.5) is 0 Å². The Morgan fingerprint density at radius 3 is 2.75 bits per heavy atom. The fourth-order valence-corrected chi connectivity index (χ4v) is 4.82.